The molecule has 0 amide bonds. The molecule has 1 N–H and O–H groups in total. The van der Waals surface area contributed by atoms with Crippen LogP contribution in [0.5, 0.6) is 0 Å². The van der Waals surface area contributed by atoms with Crippen LogP contribution in [-0.2, 0) is 0 Å². The molecule has 20 heavy (non-hydrogen) atoms. The second kappa shape index (κ2) is 5.60. The summed E-state index contributed by atoms with van der Waals surface area (Å²) in [5, 5.41) is 9.62. The third-order valence-corrected chi connectivity index (χ3v) is 4.51. The summed E-state index contributed by atoms with van der Waals surface area (Å²) in [5.74, 6) is 0.936. The lowest BCUT2D eigenvalue weighted by Crippen LogP contribution is -2.21. The van der Waals surface area contributed by atoms with Crippen molar-refractivity contribution in [1.82, 2.24) is 5.32 Å². The van der Waals surface area contributed by atoms with E-state index in [1.807, 2.05) is 18.2 Å². The van der Waals surface area contributed by atoms with Crippen molar-refractivity contribution in [3.63, 3.8) is 0 Å². The zero-order valence-corrected chi connectivity index (χ0v) is 13.0. The Morgan fingerprint density at radius 2 is 2.15 bits per heavy atom. The Morgan fingerprint density at radius 3 is 2.85 bits per heavy atom. The first-order valence-corrected chi connectivity index (χ1v) is 7.96. The lowest BCUT2D eigenvalue weighted by atomic mass is 10.0. The van der Waals surface area contributed by atoms with Crippen LogP contribution in [0.25, 0.3) is 11.0 Å². The van der Waals surface area contributed by atoms with Crippen molar-refractivity contribution in [3.05, 3.63) is 56.9 Å². The molecule has 0 aliphatic rings. The number of furan rings is 1. The normalized spacial score (nSPS) is 12.9. The van der Waals surface area contributed by atoms with Crippen LogP contribution in [0.2, 0.25) is 5.02 Å². The van der Waals surface area contributed by atoms with Crippen LogP contribution in [0.4, 0.5) is 0 Å². The maximum absolute atomic E-state index is 6.04. The van der Waals surface area contributed by atoms with Crippen molar-refractivity contribution < 1.29 is 4.42 Å². The number of fused-ring (bicyclic) bond motifs is 1. The lowest BCUT2D eigenvalue weighted by Gasteiger charge is -2.15. The number of thiophene rings is 1. The summed E-state index contributed by atoms with van der Waals surface area (Å²) in [6.07, 6.45) is 0. The third-order valence-electron chi connectivity index (χ3n) is 3.40. The van der Waals surface area contributed by atoms with Gasteiger partial charge >= 0.3 is 0 Å². The number of benzene rings is 1. The van der Waals surface area contributed by atoms with Gasteiger partial charge in [-0.2, -0.15) is 11.3 Å². The third kappa shape index (κ3) is 2.49. The molecule has 104 valence electrons. The van der Waals surface area contributed by atoms with Crippen LogP contribution in [-0.4, -0.2) is 6.54 Å². The van der Waals surface area contributed by atoms with E-state index >= 15 is 0 Å². The molecule has 3 aromatic rings. The first-order valence-electron chi connectivity index (χ1n) is 6.64. The highest BCUT2D eigenvalue weighted by atomic mass is 35.5. The zero-order chi connectivity index (χ0) is 14.1. The maximum Gasteiger partial charge on any atom is 0.134 e. The fraction of sp³-hybridized carbons (Fsp3) is 0.250. The predicted molar refractivity (Wildman–Crippen MR) is 85.8 cm³/mol. The van der Waals surface area contributed by atoms with Crippen molar-refractivity contribution >= 4 is 33.9 Å². The van der Waals surface area contributed by atoms with Crippen molar-refractivity contribution in [1.29, 1.82) is 0 Å². The highest BCUT2D eigenvalue weighted by Gasteiger charge is 2.20. The van der Waals surface area contributed by atoms with Gasteiger partial charge in [-0.1, -0.05) is 18.5 Å². The quantitative estimate of drug-likeness (QED) is 0.720. The molecule has 2 heterocycles. The number of nitrogens with one attached hydrogen (secondary N) is 1. The molecule has 0 bridgehead atoms. The molecule has 1 atom stereocenters. The number of rotatable bonds is 4. The van der Waals surface area contributed by atoms with Crippen LogP contribution in [0, 0.1) is 6.92 Å². The van der Waals surface area contributed by atoms with Crippen LogP contribution in [0.3, 0.4) is 0 Å². The van der Waals surface area contributed by atoms with Crippen LogP contribution in [0.1, 0.15) is 29.9 Å². The van der Waals surface area contributed by atoms with Crippen LogP contribution < -0.4 is 5.32 Å². The van der Waals surface area contributed by atoms with Gasteiger partial charge in [0, 0.05) is 10.4 Å². The average molecular weight is 306 g/mol. The molecular weight excluding hydrogens is 290 g/mol. The highest BCUT2D eigenvalue weighted by molar-refractivity contribution is 7.08. The summed E-state index contributed by atoms with van der Waals surface area (Å²) in [6, 6.07) is 7.89. The fourth-order valence-electron chi connectivity index (χ4n) is 2.41. The molecule has 0 aliphatic heterocycles. The topological polar surface area (TPSA) is 25.2 Å². The summed E-state index contributed by atoms with van der Waals surface area (Å²) < 4.78 is 6.00. The van der Waals surface area contributed by atoms with E-state index in [2.05, 4.69) is 36.0 Å². The van der Waals surface area contributed by atoms with Gasteiger partial charge in [0.1, 0.15) is 11.3 Å². The lowest BCUT2D eigenvalue weighted by molar-refractivity contribution is 0.477. The first-order chi connectivity index (χ1) is 9.69. The van der Waals surface area contributed by atoms with Gasteiger partial charge in [-0.05, 0) is 59.6 Å². The van der Waals surface area contributed by atoms with E-state index < -0.39 is 0 Å². The van der Waals surface area contributed by atoms with E-state index in [9.17, 15) is 0 Å². The van der Waals surface area contributed by atoms with Crippen molar-refractivity contribution in [2.45, 2.75) is 19.9 Å². The van der Waals surface area contributed by atoms with Gasteiger partial charge in [0.15, 0.2) is 0 Å². The van der Waals surface area contributed by atoms with E-state index in [4.69, 9.17) is 16.0 Å². The Morgan fingerprint density at radius 1 is 1.30 bits per heavy atom. The average Bonchev–Trinajstić information content (AvgIpc) is 3.01. The molecule has 0 radical (unpaired) electrons. The Balaban J connectivity index is 2.07. The molecule has 0 fully saturated rings. The fourth-order valence-corrected chi connectivity index (χ4v) is 3.47. The molecule has 1 aromatic carbocycles. The zero-order valence-electron chi connectivity index (χ0n) is 11.4. The smallest absolute Gasteiger partial charge is 0.134 e. The summed E-state index contributed by atoms with van der Waals surface area (Å²) >= 11 is 7.76. The molecule has 2 aromatic heterocycles. The van der Waals surface area contributed by atoms with Gasteiger partial charge in [0.05, 0.1) is 6.04 Å². The summed E-state index contributed by atoms with van der Waals surface area (Å²) in [7, 11) is 0. The first kappa shape index (κ1) is 13.7. The number of aryl methyl sites for hydroxylation is 1. The van der Waals surface area contributed by atoms with Gasteiger partial charge in [0.25, 0.3) is 0 Å². The molecule has 0 saturated carbocycles. The Labute approximate surface area is 127 Å². The van der Waals surface area contributed by atoms with E-state index in [0.29, 0.717) is 0 Å². The van der Waals surface area contributed by atoms with E-state index in [1.165, 1.54) is 11.1 Å². The largest absolute Gasteiger partial charge is 0.459 e. The van der Waals surface area contributed by atoms with Crippen molar-refractivity contribution in [3.8, 4) is 0 Å². The second-order valence-corrected chi connectivity index (χ2v) is 6.01. The monoisotopic (exact) mass is 305 g/mol. The minimum absolute atomic E-state index is 0.0948. The molecule has 1 unspecified atom stereocenters. The molecule has 3 rings (SSSR count). The van der Waals surface area contributed by atoms with E-state index in [1.54, 1.807) is 11.3 Å². The Kier molecular flexibility index (Phi) is 3.83. The van der Waals surface area contributed by atoms with E-state index in [-0.39, 0.29) is 6.04 Å². The van der Waals surface area contributed by atoms with Crippen molar-refractivity contribution in [2.24, 2.45) is 0 Å². The summed E-state index contributed by atoms with van der Waals surface area (Å²) in [6.45, 7) is 5.13. The van der Waals surface area contributed by atoms with Crippen LogP contribution in [0.15, 0.2) is 39.4 Å². The van der Waals surface area contributed by atoms with Gasteiger partial charge in [0.2, 0.25) is 0 Å². The van der Waals surface area contributed by atoms with Gasteiger partial charge in [-0.3, -0.25) is 0 Å². The van der Waals surface area contributed by atoms with Crippen molar-refractivity contribution in [2.75, 3.05) is 6.54 Å². The Hall–Kier alpha value is -1.29. The number of hydrogen-bond donors (Lipinski definition) is 1. The number of halogens is 1. The van der Waals surface area contributed by atoms with Gasteiger partial charge in [-0.25, -0.2) is 0 Å². The molecular formula is C16H16ClNOS. The number of hydrogen-bond acceptors (Lipinski definition) is 3. The molecule has 0 saturated heterocycles. The molecule has 0 spiro atoms. The van der Waals surface area contributed by atoms with E-state index in [0.717, 1.165) is 28.3 Å². The maximum atomic E-state index is 6.04. The van der Waals surface area contributed by atoms with Gasteiger partial charge in [-0.15, -0.1) is 0 Å². The predicted octanol–water partition coefficient (Wildman–Crippen LogP) is 5.16. The SMILES string of the molecule is CCNC(c1cc2cc(Cl)ccc2o1)c1cscc1C. The summed E-state index contributed by atoms with van der Waals surface area (Å²) in [5.41, 5.74) is 3.45. The molecule has 0 aliphatic carbocycles. The Bertz CT molecular complexity index is 731. The summed E-state index contributed by atoms with van der Waals surface area (Å²) in [4.78, 5) is 0. The minimum Gasteiger partial charge on any atom is -0.459 e. The highest BCUT2D eigenvalue weighted by Crippen LogP contribution is 2.32. The molecule has 2 nitrogen and oxygen atoms in total. The molecule has 4 heteroatoms. The second-order valence-electron chi connectivity index (χ2n) is 4.83. The standard InChI is InChI=1S/C16H16ClNOS/c1-3-18-16(13-9-20-8-10(13)2)15-7-11-6-12(17)4-5-14(11)19-15/h4-9,16,18H,3H2,1-2H3. The minimum atomic E-state index is 0.0948. The van der Waals surface area contributed by atoms with Crippen LogP contribution >= 0.6 is 22.9 Å². The van der Waals surface area contributed by atoms with Gasteiger partial charge < -0.3 is 9.73 Å².